The molecule has 1 aliphatic rings. The number of nitrogens with one attached hydrogen (secondary N) is 1. The molecule has 3 aromatic carbocycles. The number of benzene rings is 3. The number of piperazine rings is 1. The van der Waals surface area contributed by atoms with Crippen LogP contribution in [0, 0.1) is 4.91 Å². The lowest BCUT2D eigenvalue weighted by Gasteiger charge is -2.43. The van der Waals surface area contributed by atoms with E-state index in [1.54, 1.807) is 6.07 Å². The Kier molecular flexibility index (Phi) is 9.74. The summed E-state index contributed by atoms with van der Waals surface area (Å²) >= 11 is 18.7. The summed E-state index contributed by atoms with van der Waals surface area (Å²) in [5.74, 6) is 5.51. The number of nitrogens with two attached hydrogens (primary N) is 1. The number of anilines is 2. The zero-order valence-electron chi connectivity index (χ0n) is 19.1. The van der Waals surface area contributed by atoms with Crippen LogP contribution < -0.4 is 16.2 Å². The van der Waals surface area contributed by atoms with Gasteiger partial charge in [0, 0.05) is 35.4 Å². The maximum atomic E-state index is 13.1. The first-order valence-corrected chi connectivity index (χ1v) is 12.0. The first-order valence-electron chi connectivity index (χ1n) is 10.9. The van der Waals surface area contributed by atoms with Gasteiger partial charge in [-0.15, -0.1) is 0 Å². The van der Waals surface area contributed by atoms with Gasteiger partial charge in [-0.25, -0.2) is 0 Å². The van der Waals surface area contributed by atoms with Gasteiger partial charge in [-0.3, -0.25) is 10.6 Å². The SMILES string of the molecule is CN=O.NNc1ccc(CC(=O)N2CCN(c3ccc(Cl)cc3Cl)C(c3ccc(Cl)cc3)C2)cc1. The van der Waals surface area contributed by atoms with Crippen molar-refractivity contribution in [3.8, 4) is 0 Å². The molecule has 1 heterocycles. The van der Waals surface area contributed by atoms with Crippen LogP contribution in [0.4, 0.5) is 11.4 Å². The average Bonchev–Trinajstić information content (AvgIpc) is 2.85. The minimum absolute atomic E-state index is 0.0625. The quantitative estimate of drug-likeness (QED) is 0.240. The van der Waals surface area contributed by atoms with E-state index in [2.05, 4.69) is 15.5 Å². The predicted molar refractivity (Wildman–Crippen MR) is 144 cm³/mol. The van der Waals surface area contributed by atoms with Crippen molar-refractivity contribution in [3.63, 3.8) is 0 Å². The Hall–Kier alpha value is -2.84. The molecule has 0 aromatic heterocycles. The molecular formula is C25H26Cl3N5O2. The van der Waals surface area contributed by atoms with E-state index in [0.717, 1.165) is 22.5 Å². The van der Waals surface area contributed by atoms with Crippen molar-refractivity contribution in [3.05, 3.63) is 97.8 Å². The molecule has 0 bridgehead atoms. The molecule has 7 nitrogen and oxygen atoms in total. The number of carbonyl (C=O) groups excluding carboxylic acids is 1. The number of nitrogens with zero attached hydrogens (tertiary/aromatic N) is 3. The number of amides is 1. The van der Waals surface area contributed by atoms with Crippen LogP contribution in [0.15, 0.2) is 71.9 Å². The van der Waals surface area contributed by atoms with E-state index in [9.17, 15) is 4.79 Å². The molecule has 184 valence electrons. The number of rotatable bonds is 5. The highest BCUT2D eigenvalue weighted by Gasteiger charge is 2.31. The third kappa shape index (κ3) is 7.08. The smallest absolute Gasteiger partial charge is 0.227 e. The lowest BCUT2D eigenvalue weighted by atomic mass is 10.0. The van der Waals surface area contributed by atoms with Crippen LogP contribution in [0.25, 0.3) is 0 Å². The molecule has 3 aromatic rings. The Morgan fingerprint density at radius 3 is 2.23 bits per heavy atom. The fourth-order valence-electron chi connectivity index (χ4n) is 3.99. The highest BCUT2D eigenvalue weighted by molar-refractivity contribution is 6.36. The van der Waals surface area contributed by atoms with Gasteiger partial charge in [0.25, 0.3) is 0 Å². The zero-order chi connectivity index (χ0) is 25.4. The largest absolute Gasteiger partial charge is 0.360 e. The maximum absolute atomic E-state index is 13.1. The standard InChI is InChI=1S/C24H23Cl3N4O.CH3NO/c25-18-5-3-17(4-6-18)23-15-30(24(32)13-16-1-8-20(29-28)9-2-16)11-12-31(23)22-10-7-19(26)14-21(22)27;1-2-3/h1-10,14,23,29H,11-13,15,28H2;1H3. The molecule has 1 fully saturated rings. The molecule has 1 atom stereocenters. The number of hydrogen-bond acceptors (Lipinski definition) is 6. The fraction of sp³-hybridized carbons (Fsp3) is 0.240. The molecule has 0 spiro atoms. The van der Waals surface area contributed by atoms with E-state index in [-0.39, 0.29) is 11.9 Å². The molecular weight excluding hydrogens is 509 g/mol. The lowest BCUT2D eigenvalue weighted by Crippen LogP contribution is -2.51. The molecule has 1 aliphatic heterocycles. The molecule has 35 heavy (non-hydrogen) atoms. The molecule has 1 unspecified atom stereocenters. The van der Waals surface area contributed by atoms with Crippen LogP contribution in [-0.4, -0.2) is 37.5 Å². The summed E-state index contributed by atoms with van der Waals surface area (Å²) in [6.45, 7) is 1.79. The summed E-state index contributed by atoms with van der Waals surface area (Å²) in [5, 5.41) is 4.10. The summed E-state index contributed by atoms with van der Waals surface area (Å²) in [6.07, 6.45) is 0.333. The summed E-state index contributed by atoms with van der Waals surface area (Å²) in [7, 11) is 1.19. The minimum atomic E-state index is -0.0625. The van der Waals surface area contributed by atoms with Crippen molar-refractivity contribution in [2.24, 2.45) is 11.0 Å². The van der Waals surface area contributed by atoms with E-state index in [4.69, 9.17) is 45.6 Å². The number of hydrazine groups is 1. The van der Waals surface area contributed by atoms with Gasteiger partial charge in [-0.05, 0) is 53.6 Å². The zero-order valence-corrected chi connectivity index (χ0v) is 21.4. The highest BCUT2D eigenvalue weighted by atomic mass is 35.5. The van der Waals surface area contributed by atoms with Crippen LogP contribution in [0.5, 0.6) is 0 Å². The third-order valence-corrected chi connectivity index (χ3v) is 6.47. The van der Waals surface area contributed by atoms with E-state index < -0.39 is 0 Å². The molecule has 0 saturated carbocycles. The summed E-state index contributed by atoms with van der Waals surface area (Å²) < 4.78 is 0. The molecule has 1 saturated heterocycles. The molecule has 3 N–H and O–H groups in total. The number of halogens is 3. The van der Waals surface area contributed by atoms with E-state index in [1.807, 2.05) is 65.6 Å². The average molecular weight is 535 g/mol. The van der Waals surface area contributed by atoms with E-state index >= 15 is 0 Å². The molecule has 1 amide bonds. The molecule has 4 rings (SSSR count). The maximum Gasteiger partial charge on any atom is 0.227 e. The second kappa shape index (κ2) is 12.7. The summed E-state index contributed by atoms with van der Waals surface area (Å²) in [5.41, 5.74) is 6.31. The monoisotopic (exact) mass is 533 g/mol. The molecule has 10 heteroatoms. The van der Waals surface area contributed by atoms with Crippen LogP contribution in [0.1, 0.15) is 17.2 Å². The number of nitrogen functional groups attached to an aromatic ring is 1. The number of carbonyl (C=O) groups is 1. The van der Waals surface area contributed by atoms with Crippen molar-refractivity contribution in [2.75, 3.05) is 37.0 Å². The predicted octanol–water partition coefficient (Wildman–Crippen LogP) is 5.95. The third-order valence-electron chi connectivity index (χ3n) is 5.68. The number of nitroso groups, excluding NO2 is 1. The Morgan fingerprint density at radius 1 is 1.00 bits per heavy atom. The van der Waals surface area contributed by atoms with Crippen LogP contribution >= 0.6 is 34.8 Å². The van der Waals surface area contributed by atoms with Crippen molar-refractivity contribution >= 4 is 52.1 Å². The van der Waals surface area contributed by atoms with E-state index in [1.165, 1.54) is 7.05 Å². The summed E-state index contributed by atoms with van der Waals surface area (Å²) in [4.78, 5) is 25.8. The summed E-state index contributed by atoms with van der Waals surface area (Å²) in [6, 6.07) is 20.7. The second-order valence-electron chi connectivity index (χ2n) is 7.90. The van der Waals surface area contributed by atoms with Crippen LogP contribution in [-0.2, 0) is 11.2 Å². The van der Waals surface area contributed by atoms with Crippen molar-refractivity contribution in [1.29, 1.82) is 0 Å². The van der Waals surface area contributed by atoms with Gasteiger partial charge < -0.3 is 15.2 Å². The Balaban J connectivity index is 0.00000108. The first kappa shape index (κ1) is 26.8. The number of hydrogen-bond donors (Lipinski definition) is 2. The highest BCUT2D eigenvalue weighted by Crippen LogP contribution is 2.37. The van der Waals surface area contributed by atoms with Gasteiger partial charge in [0.2, 0.25) is 5.91 Å². The van der Waals surface area contributed by atoms with Crippen LogP contribution in [0.3, 0.4) is 0 Å². The normalized spacial score (nSPS) is 15.2. The first-order chi connectivity index (χ1) is 16.9. The van der Waals surface area contributed by atoms with Crippen molar-refractivity contribution in [2.45, 2.75) is 12.5 Å². The van der Waals surface area contributed by atoms with Gasteiger partial charge in [-0.2, -0.15) is 4.91 Å². The Labute approximate surface area is 219 Å². The Morgan fingerprint density at radius 2 is 1.63 bits per heavy atom. The van der Waals surface area contributed by atoms with Gasteiger partial charge in [0.15, 0.2) is 0 Å². The topological polar surface area (TPSA) is 91.0 Å². The van der Waals surface area contributed by atoms with Crippen molar-refractivity contribution in [1.82, 2.24) is 4.90 Å². The molecule has 0 aliphatic carbocycles. The van der Waals surface area contributed by atoms with Crippen molar-refractivity contribution < 1.29 is 4.79 Å². The van der Waals surface area contributed by atoms with Gasteiger partial charge in [0.1, 0.15) is 0 Å². The second-order valence-corrected chi connectivity index (χ2v) is 9.18. The van der Waals surface area contributed by atoms with Gasteiger partial charge >= 0.3 is 0 Å². The van der Waals surface area contributed by atoms with E-state index in [0.29, 0.717) is 41.1 Å². The lowest BCUT2D eigenvalue weighted by molar-refractivity contribution is -0.131. The molecule has 0 radical (unpaired) electrons. The van der Waals surface area contributed by atoms with Gasteiger partial charge in [-0.1, -0.05) is 64.2 Å². The fourth-order valence-corrected chi connectivity index (χ4v) is 4.63. The minimum Gasteiger partial charge on any atom is -0.360 e. The van der Waals surface area contributed by atoms with Crippen LogP contribution in [0.2, 0.25) is 15.1 Å². The Bertz CT molecular complexity index is 1140. The van der Waals surface area contributed by atoms with Gasteiger partial charge in [0.05, 0.1) is 30.2 Å².